The number of unbranched alkanes of at least 4 members (excludes halogenated alkanes) is 13. The van der Waals surface area contributed by atoms with Crippen LogP contribution in [0.5, 0.6) is 0 Å². The number of carbonyl (C=O) groups excluding carboxylic acids is 1. The molecule has 0 aromatic heterocycles. The summed E-state index contributed by atoms with van der Waals surface area (Å²) < 4.78 is 0. The van der Waals surface area contributed by atoms with Gasteiger partial charge in [-0.25, -0.2) is 4.79 Å². The Morgan fingerprint density at radius 2 is 1.06 bits per heavy atom. The summed E-state index contributed by atoms with van der Waals surface area (Å²) in [6.07, 6.45) is 19.9. The third-order valence-electron chi connectivity index (χ3n) is 3.43. The van der Waals surface area contributed by atoms with Crippen LogP contribution in [0.25, 0.3) is 0 Å². The van der Waals surface area contributed by atoms with Crippen LogP contribution in [0.15, 0.2) is 6.08 Å². The molecule has 0 atom stereocenters. The highest BCUT2D eigenvalue weighted by Crippen LogP contribution is 2.12. The second-order valence-electron chi connectivity index (χ2n) is 5.21. The zero-order valence-electron chi connectivity index (χ0n) is 12.1. The van der Waals surface area contributed by atoms with E-state index in [2.05, 4.69) is 6.92 Å². The van der Waals surface area contributed by atoms with E-state index >= 15 is 0 Å². The molecule has 0 saturated carbocycles. The van der Waals surface area contributed by atoms with Crippen LogP contribution in [0.1, 0.15) is 89.9 Å². The van der Waals surface area contributed by atoms with Gasteiger partial charge in [-0.3, -0.25) is 0 Å². The van der Waals surface area contributed by atoms with Gasteiger partial charge in [-0.05, 0) is 18.9 Å². The number of allylic oxidation sites excluding steroid dienone is 1. The lowest BCUT2D eigenvalue weighted by atomic mass is 10.0. The first-order valence-corrected chi connectivity index (χ1v) is 7.90. The van der Waals surface area contributed by atoms with Gasteiger partial charge < -0.3 is 0 Å². The summed E-state index contributed by atoms with van der Waals surface area (Å²) in [5.74, 6) is 1.83. The molecule has 0 aliphatic heterocycles. The molecule has 1 nitrogen and oxygen atoms in total. The maximum atomic E-state index is 9.94. The molecule has 0 amide bonds. The fourth-order valence-electron chi connectivity index (χ4n) is 2.25. The molecular weight excluding hydrogens is 220 g/mol. The van der Waals surface area contributed by atoms with Gasteiger partial charge in [0.1, 0.15) is 5.94 Å². The molecule has 0 unspecified atom stereocenters. The molecule has 0 rings (SSSR count). The Hall–Kier alpha value is -0.550. The second-order valence-corrected chi connectivity index (χ2v) is 5.21. The molecule has 0 saturated heterocycles. The SMILES string of the molecule is [CH2]CCCCCCCCCCCCCCC=C=O. The Kier molecular flexibility index (Phi) is 15.9. The van der Waals surface area contributed by atoms with Crippen LogP contribution in [0.3, 0.4) is 0 Å². The minimum Gasteiger partial charge on any atom is -0.234 e. The van der Waals surface area contributed by atoms with Crippen LogP contribution in [0.4, 0.5) is 0 Å². The molecule has 0 aromatic carbocycles. The monoisotopic (exact) mass is 251 g/mol. The van der Waals surface area contributed by atoms with Gasteiger partial charge in [0.05, 0.1) is 0 Å². The van der Waals surface area contributed by atoms with Crippen LogP contribution in [0.2, 0.25) is 0 Å². The summed E-state index contributed by atoms with van der Waals surface area (Å²) in [6.45, 7) is 3.86. The molecule has 0 fully saturated rings. The maximum absolute atomic E-state index is 9.94. The van der Waals surface area contributed by atoms with Gasteiger partial charge in [-0.2, -0.15) is 0 Å². The first-order chi connectivity index (χ1) is 8.91. The van der Waals surface area contributed by atoms with Crippen LogP contribution in [-0.2, 0) is 4.79 Å². The summed E-state index contributed by atoms with van der Waals surface area (Å²) in [5, 5.41) is 0. The van der Waals surface area contributed by atoms with E-state index in [0.717, 1.165) is 19.3 Å². The van der Waals surface area contributed by atoms with Gasteiger partial charge in [0.15, 0.2) is 0 Å². The molecule has 0 aliphatic carbocycles. The largest absolute Gasteiger partial charge is 0.234 e. The minimum absolute atomic E-state index is 0.913. The zero-order valence-corrected chi connectivity index (χ0v) is 12.1. The van der Waals surface area contributed by atoms with Crippen molar-refractivity contribution in [3.05, 3.63) is 13.0 Å². The van der Waals surface area contributed by atoms with E-state index in [4.69, 9.17) is 0 Å². The van der Waals surface area contributed by atoms with Crippen LogP contribution in [0, 0.1) is 6.92 Å². The highest BCUT2D eigenvalue weighted by molar-refractivity contribution is 5.44. The second kappa shape index (κ2) is 16.4. The Balaban J connectivity index is 2.92. The van der Waals surface area contributed by atoms with Gasteiger partial charge in [0, 0.05) is 0 Å². The van der Waals surface area contributed by atoms with Crippen molar-refractivity contribution in [3.8, 4) is 0 Å². The van der Waals surface area contributed by atoms with E-state index in [-0.39, 0.29) is 0 Å². The normalized spacial score (nSPS) is 10.3. The minimum atomic E-state index is 0.913. The smallest absolute Gasteiger partial charge is 0.120 e. The molecule has 0 aromatic rings. The lowest BCUT2D eigenvalue weighted by Crippen LogP contribution is -1.82. The number of hydrogen-bond donors (Lipinski definition) is 0. The summed E-state index contributed by atoms with van der Waals surface area (Å²) in [7, 11) is 0. The quantitative estimate of drug-likeness (QED) is 0.287. The molecule has 1 heteroatoms. The molecular formula is C17H31O. The first kappa shape index (κ1) is 17.4. The predicted octanol–water partition coefficient (Wildman–Crippen LogP) is 5.67. The van der Waals surface area contributed by atoms with Gasteiger partial charge in [0.2, 0.25) is 0 Å². The zero-order chi connectivity index (χ0) is 13.3. The molecule has 0 heterocycles. The van der Waals surface area contributed by atoms with Crippen molar-refractivity contribution in [3.63, 3.8) is 0 Å². The van der Waals surface area contributed by atoms with Gasteiger partial charge >= 0.3 is 0 Å². The highest BCUT2D eigenvalue weighted by atomic mass is 16.1. The highest BCUT2D eigenvalue weighted by Gasteiger charge is 1.93. The maximum Gasteiger partial charge on any atom is 0.120 e. The van der Waals surface area contributed by atoms with Crippen molar-refractivity contribution in [2.75, 3.05) is 0 Å². The van der Waals surface area contributed by atoms with Crippen molar-refractivity contribution in [1.29, 1.82) is 0 Å². The van der Waals surface area contributed by atoms with Gasteiger partial charge in [-0.15, -0.1) is 0 Å². The molecule has 0 spiro atoms. The van der Waals surface area contributed by atoms with Gasteiger partial charge in [0.25, 0.3) is 0 Å². The average molecular weight is 251 g/mol. The Bertz CT molecular complexity index is 192. The van der Waals surface area contributed by atoms with Crippen molar-refractivity contribution >= 4 is 5.94 Å². The third kappa shape index (κ3) is 15.4. The molecule has 0 N–H and O–H groups in total. The van der Waals surface area contributed by atoms with E-state index in [1.165, 1.54) is 70.6 Å². The van der Waals surface area contributed by atoms with E-state index in [9.17, 15) is 4.79 Å². The van der Waals surface area contributed by atoms with Crippen molar-refractivity contribution in [2.45, 2.75) is 89.9 Å². The molecule has 0 bridgehead atoms. The summed E-state index contributed by atoms with van der Waals surface area (Å²) in [5.41, 5.74) is 0. The van der Waals surface area contributed by atoms with Crippen LogP contribution < -0.4 is 0 Å². The van der Waals surface area contributed by atoms with E-state index in [1.54, 1.807) is 6.08 Å². The van der Waals surface area contributed by atoms with Crippen LogP contribution in [-0.4, -0.2) is 5.94 Å². The first-order valence-electron chi connectivity index (χ1n) is 7.90. The third-order valence-corrected chi connectivity index (χ3v) is 3.43. The molecule has 18 heavy (non-hydrogen) atoms. The fraction of sp³-hybridized carbons (Fsp3) is 0.824. The van der Waals surface area contributed by atoms with E-state index < -0.39 is 0 Å². The topological polar surface area (TPSA) is 17.1 Å². The number of hydrogen-bond acceptors (Lipinski definition) is 1. The Labute approximate surface area is 114 Å². The van der Waals surface area contributed by atoms with Gasteiger partial charge in [-0.1, -0.05) is 84.0 Å². The Morgan fingerprint density at radius 3 is 1.44 bits per heavy atom. The van der Waals surface area contributed by atoms with Crippen molar-refractivity contribution in [2.24, 2.45) is 0 Å². The lowest BCUT2D eigenvalue weighted by Gasteiger charge is -2.02. The van der Waals surface area contributed by atoms with Crippen LogP contribution >= 0.6 is 0 Å². The Morgan fingerprint density at radius 1 is 0.667 bits per heavy atom. The summed E-state index contributed by atoms with van der Waals surface area (Å²) >= 11 is 0. The predicted molar refractivity (Wildman–Crippen MR) is 80.3 cm³/mol. The number of rotatable bonds is 14. The molecule has 1 radical (unpaired) electrons. The standard InChI is InChI=1S/C17H31O/c1-2-3-4-5-6-7-8-9-10-11-12-13-14-15-16-17-18/h16H,1-15H2. The lowest BCUT2D eigenvalue weighted by molar-refractivity contribution is 0.541. The summed E-state index contributed by atoms with van der Waals surface area (Å²) in [4.78, 5) is 9.94. The molecule has 0 aliphatic rings. The summed E-state index contributed by atoms with van der Waals surface area (Å²) in [6, 6.07) is 0. The van der Waals surface area contributed by atoms with Crippen molar-refractivity contribution in [1.82, 2.24) is 0 Å². The van der Waals surface area contributed by atoms with Crippen molar-refractivity contribution < 1.29 is 4.79 Å². The molecule has 105 valence electrons. The van der Waals surface area contributed by atoms with E-state index in [1.807, 2.05) is 5.94 Å². The average Bonchev–Trinajstić information content (AvgIpc) is 2.39. The van der Waals surface area contributed by atoms with E-state index in [0.29, 0.717) is 0 Å². The fourth-order valence-corrected chi connectivity index (χ4v) is 2.25.